The third kappa shape index (κ3) is 2.73. The molecule has 0 radical (unpaired) electrons. The molecular weight excluding hydrogens is 380 g/mol. The van der Waals surface area contributed by atoms with E-state index in [0.717, 1.165) is 41.5 Å². The minimum atomic E-state index is -0.804. The number of nitrogens with zero attached hydrogens (tertiary/aromatic N) is 3. The molecule has 2 aliphatic carbocycles. The van der Waals surface area contributed by atoms with E-state index in [4.69, 9.17) is 10.5 Å². The number of fused-ring (bicyclic) bond motifs is 2. The van der Waals surface area contributed by atoms with Gasteiger partial charge in [-0.25, -0.2) is 9.98 Å². The number of hydrogen-bond acceptors (Lipinski definition) is 6. The maximum absolute atomic E-state index is 10.9. The Morgan fingerprint density at radius 2 is 2.17 bits per heavy atom. The van der Waals surface area contributed by atoms with E-state index in [2.05, 4.69) is 22.8 Å². The van der Waals surface area contributed by atoms with Crippen molar-refractivity contribution in [2.24, 2.45) is 16.3 Å². The molecule has 30 heavy (non-hydrogen) atoms. The Balaban J connectivity index is 1.36. The van der Waals surface area contributed by atoms with Crippen molar-refractivity contribution in [1.29, 1.82) is 0 Å². The van der Waals surface area contributed by atoms with E-state index in [-0.39, 0.29) is 17.4 Å². The molecule has 156 valence electrons. The molecule has 0 bridgehead atoms. The number of aromatic nitrogens is 2. The number of methoxy groups -OCH3 is 1. The van der Waals surface area contributed by atoms with Crippen molar-refractivity contribution in [3.8, 4) is 5.75 Å². The molecule has 4 N–H and O–H groups in total. The van der Waals surface area contributed by atoms with Crippen molar-refractivity contribution in [2.45, 2.75) is 37.5 Å². The summed E-state index contributed by atoms with van der Waals surface area (Å²) >= 11 is 0. The lowest BCUT2D eigenvalue weighted by Gasteiger charge is -2.25. The monoisotopic (exact) mass is 406 g/mol. The SMILES string of the molecule is C=Nc1cccn1[C@H]1[C@H](O)[C@H](O)C2(CCc3ccc4cc(OC)c(N)nc4c3)C[C@H]12. The van der Waals surface area contributed by atoms with Crippen LogP contribution >= 0.6 is 0 Å². The van der Waals surface area contributed by atoms with Crippen LogP contribution < -0.4 is 10.5 Å². The molecule has 2 heterocycles. The van der Waals surface area contributed by atoms with Gasteiger partial charge in [0.05, 0.1) is 24.8 Å². The lowest BCUT2D eigenvalue weighted by molar-refractivity contribution is -0.0194. The summed E-state index contributed by atoms with van der Waals surface area (Å²) in [5.41, 5.74) is 7.67. The molecule has 0 aliphatic heterocycles. The zero-order valence-electron chi connectivity index (χ0n) is 16.9. The van der Waals surface area contributed by atoms with Crippen LogP contribution in [0, 0.1) is 11.3 Å². The summed E-state index contributed by atoms with van der Waals surface area (Å²) in [5.74, 6) is 1.90. The van der Waals surface area contributed by atoms with Crippen LogP contribution in [-0.2, 0) is 6.42 Å². The number of pyridine rings is 1. The molecule has 7 nitrogen and oxygen atoms in total. The van der Waals surface area contributed by atoms with Gasteiger partial charge in [-0.1, -0.05) is 12.1 Å². The van der Waals surface area contributed by atoms with E-state index < -0.39 is 12.2 Å². The highest BCUT2D eigenvalue weighted by atomic mass is 16.5. The van der Waals surface area contributed by atoms with E-state index in [1.165, 1.54) is 0 Å². The van der Waals surface area contributed by atoms with E-state index in [9.17, 15) is 10.2 Å². The van der Waals surface area contributed by atoms with E-state index in [1.807, 2.05) is 41.1 Å². The van der Waals surface area contributed by atoms with Gasteiger partial charge in [-0.3, -0.25) is 0 Å². The molecule has 1 unspecified atom stereocenters. The number of nitrogen functional groups attached to an aromatic ring is 1. The standard InChI is InChI=1S/C23H26N4O3/c1-25-18-4-3-9-27(18)19-15-12-23(15,21(29)20(19)28)8-7-13-5-6-14-11-17(30-2)22(24)26-16(14)10-13/h3-6,9-11,15,19-21,28-29H,1,7-8,12H2,2H3,(H2,24,26)/t15-,19-,20+,21+,23?/m1/s1. The summed E-state index contributed by atoms with van der Waals surface area (Å²) in [4.78, 5) is 8.50. The van der Waals surface area contributed by atoms with Crippen molar-refractivity contribution in [2.75, 3.05) is 12.8 Å². The first-order valence-corrected chi connectivity index (χ1v) is 10.2. The van der Waals surface area contributed by atoms with Gasteiger partial charge in [-0.2, -0.15) is 0 Å². The number of ether oxygens (including phenoxy) is 1. The second-order valence-electron chi connectivity index (χ2n) is 8.50. The highest BCUT2D eigenvalue weighted by Gasteiger charge is 2.70. The van der Waals surface area contributed by atoms with Crippen LogP contribution in [0.5, 0.6) is 5.75 Å². The Bertz CT molecular complexity index is 1130. The van der Waals surface area contributed by atoms with Crippen molar-refractivity contribution in [3.63, 3.8) is 0 Å². The van der Waals surface area contributed by atoms with E-state index in [0.29, 0.717) is 11.6 Å². The number of rotatable bonds is 6. The normalized spacial score (nSPS) is 29.7. The Labute approximate surface area is 174 Å². The zero-order valence-corrected chi connectivity index (χ0v) is 16.9. The number of nitrogens with two attached hydrogens (primary N) is 1. The number of aliphatic imine (C=N–C) groups is 1. The molecule has 3 aromatic rings. The zero-order chi connectivity index (χ0) is 21.0. The number of hydrogen-bond donors (Lipinski definition) is 3. The lowest BCUT2D eigenvalue weighted by Crippen LogP contribution is -2.34. The first-order chi connectivity index (χ1) is 14.5. The topological polar surface area (TPSA) is 106 Å². The summed E-state index contributed by atoms with van der Waals surface area (Å²) in [6, 6.07) is 11.6. The minimum Gasteiger partial charge on any atom is -0.493 e. The maximum Gasteiger partial charge on any atom is 0.166 e. The quantitative estimate of drug-likeness (QED) is 0.546. The Morgan fingerprint density at radius 3 is 2.93 bits per heavy atom. The molecule has 0 saturated heterocycles. The van der Waals surface area contributed by atoms with Crippen LogP contribution in [0.25, 0.3) is 10.9 Å². The van der Waals surface area contributed by atoms with Crippen LogP contribution in [0.2, 0.25) is 0 Å². The van der Waals surface area contributed by atoms with Crippen LogP contribution in [0.3, 0.4) is 0 Å². The van der Waals surface area contributed by atoms with Crippen LogP contribution in [0.15, 0.2) is 47.6 Å². The number of aliphatic hydroxyl groups is 2. The number of aliphatic hydroxyl groups excluding tert-OH is 2. The molecule has 7 heteroatoms. The summed E-state index contributed by atoms with van der Waals surface area (Å²) in [5, 5.41) is 22.6. The largest absolute Gasteiger partial charge is 0.493 e. The van der Waals surface area contributed by atoms with Gasteiger partial charge in [0.2, 0.25) is 0 Å². The average molecular weight is 406 g/mol. The van der Waals surface area contributed by atoms with Crippen LogP contribution in [0.1, 0.15) is 24.4 Å². The molecule has 2 saturated carbocycles. The fraction of sp³-hybridized carbons (Fsp3) is 0.391. The van der Waals surface area contributed by atoms with Gasteiger partial charge in [0.15, 0.2) is 11.6 Å². The molecule has 2 aliphatic rings. The highest BCUT2D eigenvalue weighted by molar-refractivity contribution is 5.83. The molecule has 5 rings (SSSR count). The minimum absolute atomic E-state index is 0.166. The van der Waals surface area contributed by atoms with Crippen molar-refractivity contribution in [3.05, 3.63) is 48.2 Å². The van der Waals surface area contributed by atoms with Gasteiger partial charge >= 0.3 is 0 Å². The Kier molecular flexibility index (Phi) is 4.34. The van der Waals surface area contributed by atoms with Gasteiger partial charge < -0.3 is 25.3 Å². The number of anilines is 1. The van der Waals surface area contributed by atoms with E-state index in [1.54, 1.807) is 7.11 Å². The fourth-order valence-electron chi connectivity index (χ4n) is 5.38. The van der Waals surface area contributed by atoms with Gasteiger partial charge in [0.25, 0.3) is 0 Å². The molecule has 2 aromatic heterocycles. The van der Waals surface area contributed by atoms with Gasteiger partial charge in [0.1, 0.15) is 11.9 Å². The Hall–Kier alpha value is -2.90. The molecular formula is C23H26N4O3. The second-order valence-corrected chi connectivity index (χ2v) is 8.50. The van der Waals surface area contributed by atoms with Gasteiger partial charge in [-0.05, 0) is 61.7 Å². The second kappa shape index (κ2) is 6.82. The third-order valence-electron chi connectivity index (χ3n) is 7.07. The predicted molar refractivity (Wildman–Crippen MR) is 116 cm³/mol. The average Bonchev–Trinajstić information content (AvgIpc) is 3.19. The molecule has 5 atom stereocenters. The summed E-state index contributed by atoms with van der Waals surface area (Å²) in [7, 11) is 1.58. The van der Waals surface area contributed by atoms with Crippen molar-refractivity contribution < 1.29 is 14.9 Å². The fourth-order valence-corrected chi connectivity index (χ4v) is 5.38. The summed E-state index contributed by atoms with van der Waals surface area (Å²) in [6.45, 7) is 3.62. The summed E-state index contributed by atoms with van der Waals surface area (Å²) in [6.07, 6.45) is 2.87. The highest BCUT2D eigenvalue weighted by Crippen LogP contribution is 2.69. The first-order valence-electron chi connectivity index (χ1n) is 10.2. The smallest absolute Gasteiger partial charge is 0.166 e. The van der Waals surface area contributed by atoms with Gasteiger partial charge in [-0.15, -0.1) is 0 Å². The lowest BCUT2D eigenvalue weighted by atomic mass is 9.91. The van der Waals surface area contributed by atoms with E-state index >= 15 is 0 Å². The molecule has 2 fully saturated rings. The molecule has 1 aromatic carbocycles. The van der Waals surface area contributed by atoms with Crippen LogP contribution in [0.4, 0.5) is 11.6 Å². The predicted octanol–water partition coefficient (Wildman–Crippen LogP) is 2.87. The number of benzene rings is 1. The number of aryl methyl sites for hydroxylation is 1. The first kappa shape index (κ1) is 19.1. The van der Waals surface area contributed by atoms with Gasteiger partial charge in [0, 0.05) is 17.0 Å². The molecule has 0 spiro atoms. The third-order valence-corrected chi connectivity index (χ3v) is 7.07. The van der Waals surface area contributed by atoms with Crippen LogP contribution in [-0.4, -0.2) is 45.8 Å². The molecule has 0 amide bonds. The Morgan fingerprint density at radius 1 is 1.33 bits per heavy atom. The summed E-state index contributed by atoms with van der Waals surface area (Å²) < 4.78 is 7.20. The van der Waals surface area contributed by atoms with Crippen molar-refractivity contribution >= 4 is 29.3 Å². The van der Waals surface area contributed by atoms with Crippen molar-refractivity contribution in [1.82, 2.24) is 9.55 Å². The maximum atomic E-state index is 10.9.